The van der Waals surface area contributed by atoms with Gasteiger partial charge in [-0.25, -0.2) is 0 Å². The summed E-state index contributed by atoms with van der Waals surface area (Å²) in [6, 6.07) is 4.58. The first-order valence-corrected chi connectivity index (χ1v) is 5.39. The van der Waals surface area contributed by atoms with Crippen molar-refractivity contribution in [3.05, 3.63) is 33.8 Å². The Morgan fingerprint density at radius 3 is 2.44 bits per heavy atom. The highest BCUT2D eigenvalue weighted by Gasteiger charge is 2.37. The van der Waals surface area contributed by atoms with Crippen LogP contribution in [0.5, 0.6) is 0 Å². The van der Waals surface area contributed by atoms with Gasteiger partial charge in [-0.1, -0.05) is 23.2 Å². The van der Waals surface area contributed by atoms with Crippen molar-refractivity contribution in [2.24, 2.45) is 5.41 Å². The van der Waals surface area contributed by atoms with Gasteiger partial charge in [-0.2, -0.15) is 0 Å². The largest absolute Gasteiger partial charge is 0.481 e. The van der Waals surface area contributed by atoms with Gasteiger partial charge in [0.25, 0.3) is 0 Å². The molecule has 0 aromatic heterocycles. The van der Waals surface area contributed by atoms with E-state index in [0.717, 1.165) is 0 Å². The highest BCUT2D eigenvalue weighted by Crippen LogP contribution is 2.37. The molecule has 1 atom stereocenters. The van der Waals surface area contributed by atoms with Crippen molar-refractivity contribution in [2.75, 3.05) is 0 Å². The summed E-state index contributed by atoms with van der Waals surface area (Å²) in [5.74, 6) is -1.10. The lowest BCUT2D eigenvalue weighted by molar-refractivity contribution is -0.153. The normalized spacial score (nSPS) is 13.6. The Morgan fingerprint density at radius 2 is 1.94 bits per heavy atom. The lowest BCUT2D eigenvalue weighted by Crippen LogP contribution is -2.31. The lowest BCUT2D eigenvalue weighted by atomic mass is 9.83. The standard InChI is InChI=1S/C11H12Cl2O3/c1-11(2,10(15)16)9(14)7-5-6(12)3-4-8(7)13/h3-5,9,14H,1-2H3,(H,15,16). The van der Waals surface area contributed by atoms with Crippen LogP contribution in [0.25, 0.3) is 0 Å². The van der Waals surface area contributed by atoms with Crippen molar-refractivity contribution < 1.29 is 15.0 Å². The van der Waals surface area contributed by atoms with Crippen LogP contribution in [0.2, 0.25) is 10.0 Å². The molecule has 16 heavy (non-hydrogen) atoms. The van der Waals surface area contributed by atoms with E-state index in [-0.39, 0.29) is 0 Å². The number of carbonyl (C=O) groups is 1. The van der Waals surface area contributed by atoms with Crippen LogP contribution < -0.4 is 0 Å². The molecule has 0 aliphatic heterocycles. The fourth-order valence-electron chi connectivity index (χ4n) is 1.23. The van der Waals surface area contributed by atoms with E-state index in [9.17, 15) is 9.90 Å². The van der Waals surface area contributed by atoms with Gasteiger partial charge in [0.15, 0.2) is 0 Å². The Morgan fingerprint density at radius 1 is 1.38 bits per heavy atom. The third-order valence-electron chi connectivity index (χ3n) is 2.49. The van der Waals surface area contributed by atoms with Crippen LogP contribution in [-0.4, -0.2) is 16.2 Å². The molecule has 1 rings (SSSR count). The Balaban J connectivity index is 3.19. The van der Waals surface area contributed by atoms with E-state index in [1.54, 1.807) is 6.07 Å². The molecular weight excluding hydrogens is 251 g/mol. The van der Waals surface area contributed by atoms with Gasteiger partial charge in [0.1, 0.15) is 0 Å². The summed E-state index contributed by atoms with van der Waals surface area (Å²) >= 11 is 11.7. The Hall–Kier alpha value is -0.770. The molecule has 0 bridgehead atoms. The molecule has 0 amide bonds. The summed E-state index contributed by atoms with van der Waals surface area (Å²) in [5.41, 5.74) is -1.00. The third kappa shape index (κ3) is 2.48. The maximum absolute atomic E-state index is 11.0. The van der Waals surface area contributed by atoms with E-state index in [4.69, 9.17) is 28.3 Å². The molecule has 0 heterocycles. The first kappa shape index (κ1) is 13.3. The zero-order valence-corrected chi connectivity index (χ0v) is 10.4. The summed E-state index contributed by atoms with van der Waals surface area (Å²) in [4.78, 5) is 11.0. The summed E-state index contributed by atoms with van der Waals surface area (Å²) in [6.07, 6.45) is -1.21. The molecule has 1 unspecified atom stereocenters. The zero-order chi connectivity index (χ0) is 12.5. The van der Waals surface area contributed by atoms with Gasteiger partial charge in [-0.15, -0.1) is 0 Å². The van der Waals surface area contributed by atoms with Crippen molar-refractivity contribution in [1.82, 2.24) is 0 Å². The van der Waals surface area contributed by atoms with Crippen LogP contribution in [0.15, 0.2) is 18.2 Å². The minimum Gasteiger partial charge on any atom is -0.481 e. The number of hydrogen-bond acceptors (Lipinski definition) is 2. The highest BCUT2D eigenvalue weighted by atomic mass is 35.5. The molecule has 0 aliphatic rings. The summed E-state index contributed by atoms with van der Waals surface area (Å²) in [5, 5.41) is 19.7. The average molecular weight is 263 g/mol. The van der Waals surface area contributed by atoms with Gasteiger partial charge in [0.05, 0.1) is 11.5 Å². The first-order valence-electron chi connectivity index (χ1n) is 4.63. The summed E-state index contributed by atoms with van der Waals surface area (Å²) < 4.78 is 0. The minimum atomic E-state index is -1.33. The molecule has 2 N–H and O–H groups in total. The number of rotatable bonds is 3. The molecule has 1 aromatic rings. The highest BCUT2D eigenvalue weighted by molar-refractivity contribution is 6.33. The second kappa shape index (κ2) is 4.62. The molecule has 5 heteroatoms. The maximum Gasteiger partial charge on any atom is 0.312 e. The van der Waals surface area contributed by atoms with E-state index in [1.807, 2.05) is 0 Å². The SMILES string of the molecule is CC(C)(C(=O)O)C(O)c1cc(Cl)ccc1Cl. The van der Waals surface area contributed by atoms with Gasteiger partial charge in [0.2, 0.25) is 0 Å². The Labute approximate surface area is 104 Å². The maximum atomic E-state index is 11.0. The Bertz CT molecular complexity index is 416. The molecule has 0 radical (unpaired) electrons. The fourth-order valence-corrected chi connectivity index (χ4v) is 1.63. The number of aliphatic carboxylic acids is 1. The van der Waals surface area contributed by atoms with E-state index in [0.29, 0.717) is 15.6 Å². The molecule has 0 saturated heterocycles. The quantitative estimate of drug-likeness (QED) is 0.880. The smallest absolute Gasteiger partial charge is 0.312 e. The summed E-state index contributed by atoms with van der Waals surface area (Å²) in [6.45, 7) is 2.86. The van der Waals surface area contributed by atoms with Crippen molar-refractivity contribution in [2.45, 2.75) is 20.0 Å². The molecule has 88 valence electrons. The molecular formula is C11H12Cl2O3. The second-order valence-electron chi connectivity index (χ2n) is 4.10. The van der Waals surface area contributed by atoms with Crippen LogP contribution in [-0.2, 0) is 4.79 Å². The molecule has 0 saturated carbocycles. The number of carboxylic acid groups (broad SMARTS) is 1. The van der Waals surface area contributed by atoms with Gasteiger partial charge >= 0.3 is 5.97 Å². The molecule has 3 nitrogen and oxygen atoms in total. The molecule has 0 fully saturated rings. The number of hydrogen-bond donors (Lipinski definition) is 2. The van der Waals surface area contributed by atoms with E-state index >= 15 is 0 Å². The van der Waals surface area contributed by atoms with Gasteiger partial charge < -0.3 is 10.2 Å². The monoisotopic (exact) mass is 262 g/mol. The topological polar surface area (TPSA) is 57.5 Å². The van der Waals surface area contributed by atoms with Gasteiger partial charge in [-0.05, 0) is 32.0 Å². The van der Waals surface area contributed by atoms with E-state index in [1.165, 1.54) is 26.0 Å². The third-order valence-corrected chi connectivity index (χ3v) is 3.07. The zero-order valence-electron chi connectivity index (χ0n) is 8.87. The van der Waals surface area contributed by atoms with Crippen molar-refractivity contribution in [3.63, 3.8) is 0 Å². The predicted molar refractivity (Wildman–Crippen MR) is 62.8 cm³/mol. The van der Waals surface area contributed by atoms with Crippen LogP contribution in [0.1, 0.15) is 25.5 Å². The van der Waals surface area contributed by atoms with Gasteiger partial charge in [-0.3, -0.25) is 4.79 Å². The molecule has 1 aromatic carbocycles. The van der Waals surface area contributed by atoms with Crippen LogP contribution in [0.3, 0.4) is 0 Å². The Kier molecular flexibility index (Phi) is 3.84. The van der Waals surface area contributed by atoms with E-state index in [2.05, 4.69) is 0 Å². The number of benzene rings is 1. The lowest BCUT2D eigenvalue weighted by Gasteiger charge is -2.26. The van der Waals surface area contributed by atoms with Gasteiger partial charge in [0, 0.05) is 15.6 Å². The van der Waals surface area contributed by atoms with Crippen LogP contribution >= 0.6 is 23.2 Å². The minimum absolute atomic E-state index is 0.297. The van der Waals surface area contributed by atoms with Crippen LogP contribution in [0.4, 0.5) is 0 Å². The number of aliphatic hydroxyl groups is 1. The number of carboxylic acids is 1. The summed E-state index contributed by atoms with van der Waals surface area (Å²) in [7, 11) is 0. The number of aliphatic hydroxyl groups excluding tert-OH is 1. The fraction of sp³-hybridized carbons (Fsp3) is 0.364. The number of halogens is 2. The van der Waals surface area contributed by atoms with E-state index < -0.39 is 17.5 Å². The van der Waals surface area contributed by atoms with Crippen molar-refractivity contribution in [1.29, 1.82) is 0 Å². The second-order valence-corrected chi connectivity index (χ2v) is 4.94. The van der Waals surface area contributed by atoms with Crippen LogP contribution in [0, 0.1) is 5.41 Å². The van der Waals surface area contributed by atoms with Crippen molar-refractivity contribution in [3.8, 4) is 0 Å². The first-order chi connectivity index (χ1) is 7.26. The predicted octanol–water partition coefficient (Wildman–Crippen LogP) is 3.14. The van der Waals surface area contributed by atoms with Crippen molar-refractivity contribution >= 4 is 29.2 Å². The molecule has 0 aliphatic carbocycles. The molecule has 0 spiro atoms. The average Bonchev–Trinajstić information content (AvgIpc) is 2.20.